The highest BCUT2D eigenvalue weighted by Gasteiger charge is 2.29. The molecule has 25 heavy (non-hydrogen) atoms. The lowest BCUT2D eigenvalue weighted by atomic mass is 9.97. The number of benzene rings is 1. The predicted molar refractivity (Wildman–Crippen MR) is 94.9 cm³/mol. The molecule has 1 aromatic carbocycles. The molecule has 2 aromatic rings. The Labute approximate surface area is 149 Å². The predicted octanol–water partition coefficient (Wildman–Crippen LogP) is 3.72. The summed E-state index contributed by atoms with van der Waals surface area (Å²) in [5, 5.41) is 8.43. The van der Waals surface area contributed by atoms with Gasteiger partial charge in [-0.05, 0) is 37.1 Å². The van der Waals surface area contributed by atoms with Crippen LogP contribution in [0.2, 0.25) is 0 Å². The van der Waals surface area contributed by atoms with Crippen molar-refractivity contribution >= 4 is 0 Å². The largest absolute Gasteiger partial charge is 0.493 e. The molecule has 0 aliphatic carbocycles. The molecule has 1 aromatic heterocycles. The molecule has 1 aliphatic rings. The van der Waals surface area contributed by atoms with Crippen LogP contribution in [-0.4, -0.2) is 35.9 Å². The fraction of sp³-hybridized carbons (Fsp3) is 0.579. The molecular weight excluding hydrogens is 318 g/mol. The normalized spacial score (nSPS) is 18.5. The van der Waals surface area contributed by atoms with Gasteiger partial charge in [0, 0.05) is 11.5 Å². The summed E-state index contributed by atoms with van der Waals surface area (Å²) in [6, 6.07) is 6.47. The summed E-state index contributed by atoms with van der Waals surface area (Å²) in [4.78, 5) is 2.39. The van der Waals surface area contributed by atoms with Crippen molar-refractivity contribution in [1.82, 2.24) is 15.1 Å². The zero-order chi connectivity index (χ0) is 18.0. The second kappa shape index (κ2) is 7.04. The topological polar surface area (TPSA) is 60.6 Å². The lowest BCUT2D eigenvalue weighted by Crippen LogP contribution is -2.23. The maximum atomic E-state index is 5.87. The van der Waals surface area contributed by atoms with Crippen LogP contribution >= 0.6 is 0 Å². The van der Waals surface area contributed by atoms with Crippen molar-refractivity contribution in [3.63, 3.8) is 0 Å². The van der Waals surface area contributed by atoms with Gasteiger partial charge in [0.05, 0.1) is 20.8 Å². The Morgan fingerprint density at radius 3 is 2.56 bits per heavy atom. The van der Waals surface area contributed by atoms with E-state index in [1.807, 2.05) is 6.07 Å². The van der Waals surface area contributed by atoms with Gasteiger partial charge in [-0.15, -0.1) is 10.2 Å². The molecule has 0 radical (unpaired) electrons. The number of hydrogen-bond acceptors (Lipinski definition) is 6. The summed E-state index contributed by atoms with van der Waals surface area (Å²) in [5.41, 5.74) is 1.10. The van der Waals surface area contributed by atoms with Crippen LogP contribution in [0.4, 0.5) is 0 Å². The van der Waals surface area contributed by atoms with Crippen LogP contribution in [0.5, 0.6) is 11.5 Å². The van der Waals surface area contributed by atoms with Crippen molar-refractivity contribution in [3.8, 4) is 11.5 Å². The van der Waals surface area contributed by atoms with E-state index in [9.17, 15) is 0 Å². The monoisotopic (exact) mass is 345 g/mol. The first-order chi connectivity index (χ1) is 11.9. The second-order valence-electron chi connectivity index (χ2n) is 7.49. The van der Waals surface area contributed by atoms with E-state index in [-0.39, 0.29) is 5.41 Å². The maximum absolute atomic E-state index is 5.87. The van der Waals surface area contributed by atoms with Gasteiger partial charge in [0.25, 0.3) is 0 Å². The Bertz CT molecular complexity index is 721. The highest BCUT2D eigenvalue weighted by atomic mass is 16.5. The fourth-order valence-corrected chi connectivity index (χ4v) is 3.25. The minimum atomic E-state index is -0.126. The summed E-state index contributed by atoms with van der Waals surface area (Å²) in [6.45, 7) is 7.92. The van der Waals surface area contributed by atoms with Gasteiger partial charge in [-0.3, -0.25) is 4.90 Å². The van der Waals surface area contributed by atoms with Crippen molar-refractivity contribution in [2.45, 2.75) is 51.6 Å². The van der Waals surface area contributed by atoms with Crippen LogP contribution in [0.3, 0.4) is 0 Å². The van der Waals surface area contributed by atoms with Gasteiger partial charge in [0.15, 0.2) is 11.5 Å². The first-order valence-corrected chi connectivity index (χ1v) is 8.71. The third-order valence-electron chi connectivity index (χ3n) is 4.60. The van der Waals surface area contributed by atoms with Crippen molar-refractivity contribution < 1.29 is 13.9 Å². The van der Waals surface area contributed by atoms with Gasteiger partial charge in [-0.25, -0.2) is 0 Å². The average molecular weight is 345 g/mol. The molecule has 1 fully saturated rings. The minimum absolute atomic E-state index is 0.126. The highest BCUT2D eigenvalue weighted by molar-refractivity contribution is 5.44. The van der Waals surface area contributed by atoms with E-state index in [0.29, 0.717) is 24.4 Å². The van der Waals surface area contributed by atoms with Gasteiger partial charge in [0.1, 0.15) is 0 Å². The summed E-state index contributed by atoms with van der Waals surface area (Å²) < 4.78 is 16.7. The molecule has 136 valence electrons. The van der Waals surface area contributed by atoms with Crippen molar-refractivity contribution in [2.24, 2.45) is 0 Å². The number of ether oxygens (including phenoxy) is 2. The molecule has 6 nitrogen and oxygen atoms in total. The zero-order valence-corrected chi connectivity index (χ0v) is 15.7. The van der Waals surface area contributed by atoms with E-state index in [4.69, 9.17) is 13.9 Å². The number of aromatic nitrogens is 2. The van der Waals surface area contributed by atoms with Crippen LogP contribution in [0.1, 0.15) is 57.0 Å². The summed E-state index contributed by atoms with van der Waals surface area (Å²) in [5.74, 6) is 2.88. The summed E-state index contributed by atoms with van der Waals surface area (Å²) >= 11 is 0. The van der Waals surface area contributed by atoms with Gasteiger partial charge >= 0.3 is 0 Å². The smallest absolute Gasteiger partial charge is 0.230 e. The molecule has 0 bridgehead atoms. The number of likely N-dealkylation sites (tertiary alicyclic amines) is 1. The molecule has 0 N–H and O–H groups in total. The van der Waals surface area contributed by atoms with Crippen LogP contribution in [0.25, 0.3) is 0 Å². The Balaban J connectivity index is 1.78. The van der Waals surface area contributed by atoms with Crippen molar-refractivity contribution in [1.29, 1.82) is 0 Å². The van der Waals surface area contributed by atoms with Gasteiger partial charge in [-0.2, -0.15) is 0 Å². The Hall–Kier alpha value is -2.08. The van der Waals surface area contributed by atoms with Crippen LogP contribution in [-0.2, 0) is 12.0 Å². The second-order valence-corrected chi connectivity index (χ2v) is 7.49. The van der Waals surface area contributed by atoms with E-state index in [0.717, 1.165) is 30.9 Å². The average Bonchev–Trinajstić information content (AvgIpc) is 3.23. The number of rotatable bonds is 5. The molecule has 1 saturated heterocycles. The molecule has 0 unspecified atom stereocenters. The zero-order valence-electron chi connectivity index (χ0n) is 15.7. The van der Waals surface area contributed by atoms with E-state index in [1.54, 1.807) is 14.2 Å². The van der Waals surface area contributed by atoms with Crippen LogP contribution < -0.4 is 9.47 Å². The molecule has 0 amide bonds. The third-order valence-corrected chi connectivity index (χ3v) is 4.60. The lowest BCUT2D eigenvalue weighted by molar-refractivity contribution is 0.217. The minimum Gasteiger partial charge on any atom is -0.493 e. The SMILES string of the molecule is COc1ccc([C@H]2CCCN2Cc2nnc(C(C)(C)C)o2)cc1OC. The van der Waals surface area contributed by atoms with Gasteiger partial charge < -0.3 is 13.9 Å². The number of methoxy groups -OCH3 is 2. The maximum Gasteiger partial charge on any atom is 0.230 e. The van der Waals surface area contributed by atoms with E-state index < -0.39 is 0 Å². The first-order valence-electron chi connectivity index (χ1n) is 8.71. The Morgan fingerprint density at radius 1 is 1.16 bits per heavy atom. The molecule has 0 spiro atoms. The highest BCUT2D eigenvalue weighted by Crippen LogP contribution is 2.37. The summed E-state index contributed by atoms with van der Waals surface area (Å²) in [6.07, 6.45) is 2.26. The number of nitrogens with zero attached hydrogens (tertiary/aromatic N) is 3. The Kier molecular flexibility index (Phi) is 4.99. The standard InChI is InChI=1S/C19H27N3O3/c1-19(2,3)18-21-20-17(25-18)12-22-10-6-7-14(22)13-8-9-15(23-4)16(11-13)24-5/h8-9,11,14H,6-7,10,12H2,1-5H3/t14-/m1/s1. The van der Waals surface area contributed by atoms with Gasteiger partial charge in [-0.1, -0.05) is 26.8 Å². The quantitative estimate of drug-likeness (QED) is 0.823. The molecule has 2 heterocycles. The number of hydrogen-bond donors (Lipinski definition) is 0. The van der Waals surface area contributed by atoms with E-state index in [1.165, 1.54) is 5.56 Å². The molecule has 3 rings (SSSR count). The summed E-state index contributed by atoms with van der Waals surface area (Å²) in [7, 11) is 3.32. The van der Waals surface area contributed by atoms with Crippen LogP contribution in [0, 0.1) is 0 Å². The van der Waals surface area contributed by atoms with Crippen molar-refractivity contribution in [3.05, 3.63) is 35.5 Å². The molecule has 6 heteroatoms. The molecular formula is C19H27N3O3. The molecule has 1 aliphatic heterocycles. The fourth-order valence-electron chi connectivity index (χ4n) is 3.25. The van der Waals surface area contributed by atoms with E-state index in [2.05, 4.69) is 48.0 Å². The third kappa shape index (κ3) is 3.79. The first kappa shape index (κ1) is 17.7. The van der Waals surface area contributed by atoms with E-state index >= 15 is 0 Å². The molecule has 1 atom stereocenters. The van der Waals surface area contributed by atoms with Gasteiger partial charge in [0.2, 0.25) is 11.8 Å². The lowest BCUT2D eigenvalue weighted by Gasteiger charge is -2.24. The molecule has 0 saturated carbocycles. The van der Waals surface area contributed by atoms with Crippen molar-refractivity contribution in [2.75, 3.05) is 20.8 Å². The Morgan fingerprint density at radius 2 is 1.92 bits per heavy atom. The van der Waals surface area contributed by atoms with Crippen LogP contribution in [0.15, 0.2) is 22.6 Å².